The average Bonchev–Trinajstić information content (AvgIpc) is 3.78. The number of phenolic OH excluding ortho intramolecular Hbond substituents is 1. The Balaban J connectivity index is 1.01. The molecule has 308 valence electrons. The molecule has 4 aliphatic heterocycles. The lowest BCUT2D eigenvalue weighted by Crippen LogP contribution is -2.59. The molecule has 2 aromatic heterocycles. The third-order valence-electron chi connectivity index (χ3n) is 14.7. The molecule has 2 atom stereocenters. The van der Waals surface area contributed by atoms with Crippen LogP contribution in [-0.2, 0) is 16.5 Å². The van der Waals surface area contributed by atoms with Crippen LogP contribution in [0.25, 0.3) is 43.7 Å². The summed E-state index contributed by atoms with van der Waals surface area (Å²) in [6.07, 6.45) is 16.5. The number of anilines is 1. The first-order chi connectivity index (χ1) is 28.6. The molecular weight excluding hydrogens is 753 g/mol. The van der Waals surface area contributed by atoms with Gasteiger partial charge in [-0.15, -0.1) is 6.42 Å². The number of hydrogen-bond donors (Lipinski definition) is 1. The summed E-state index contributed by atoms with van der Waals surface area (Å²) in [5.41, 5.74) is 1.18. The number of ether oxygens (including phenoxy) is 3. The summed E-state index contributed by atoms with van der Waals surface area (Å²) < 4.78 is 52.7. The standard InChI is InChI=1S/C46H51F2N7O4/c1-4-33-36(47)8-5-28-17-32(56)18-34(37(28)33)38-40(48)42-39(35-21-52(2)51-41(35)38)43(55-29-6-7-30(55)20-54(19-29)31-15-27(16-31)22-57-3)50-44(49-42)59-26-46(9-10-46)25-53-23-45(24-53)11-13-58-14-12-45/h1,5,8,17-18,21,27,29-31,56H,6-7,9-16,19-20,22-26H2,2-3H3. The van der Waals surface area contributed by atoms with Crippen LogP contribution in [0.15, 0.2) is 30.5 Å². The Hall–Kier alpha value is -4.61. The molecule has 3 aromatic carbocycles. The van der Waals surface area contributed by atoms with Crippen molar-refractivity contribution in [1.82, 2.24) is 29.5 Å². The lowest BCUT2D eigenvalue weighted by atomic mass is 9.73. The molecule has 2 unspecified atom stereocenters. The van der Waals surface area contributed by atoms with Gasteiger partial charge in [-0.2, -0.15) is 15.1 Å². The first kappa shape index (κ1) is 37.4. The van der Waals surface area contributed by atoms with Crippen molar-refractivity contribution in [3.63, 3.8) is 0 Å². The largest absolute Gasteiger partial charge is 0.508 e. The van der Waals surface area contributed by atoms with E-state index in [1.54, 1.807) is 24.9 Å². The van der Waals surface area contributed by atoms with Gasteiger partial charge in [0.1, 0.15) is 28.4 Å². The number of halogens is 2. The van der Waals surface area contributed by atoms with Crippen molar-refractivity contribution < 1.29 is 28.1 Å². The Morgan fingerprint density at radius 2 is 1.75 bits per heavy atom. The number of benzene rings is 3. The van der Waals surface area contributed by atoms with Gasteiger partial charge in [-0.05, 0) is 86.4 Å². The maximum atomic E-state index is 18.0. The molecule has 2 saturated carbocycles. The number of piperazine rings is 1. The van der Waals surface area contributed by atoms with Crippen molar-refractivity contribution in [1.29, 1.82) is 0 Å². The molecule has 0 amide bonds. The second-order valence-electron chi connectivity index (χ2n) is 18.7. The summed E-state index contributed by atoms with van der Waals surface area (Å²) in [6.45, 7) is 7.92. The lowest BCUT2D eigenvalue weighted by molar-refractivity contribution is -0.0884. The topological polar surface area (TPSA) is 101 Å². The molecule has 11 nitrogen and oxygen atoms in total. The van der Waals surface area contributed by atoms with E-state index in [4.69, 9.17) is 35.7 Å². The quantitative estimate of drug-likeness (QED) is 0.155. The molecule has 1 spiro atoms. The van der Waals surface area contributed by atoms with Crippen molar-refractivity contribution in [2.75, 3.05) is 71.2 Å². The fourth-order valence-electron chi connectivity index (χ4n) is 11.5. The molecule has 6 fully saturated rings. The van der Waals surface area contributed by atoms with Crippen molar-refractivity contribution in [3.8, 4) is 35.2 Å². The second kappa shape index (κ2) is 14.0. The van der Waals surface area contributed by atoms with Crippen LogP contribution in [-0.4, -0.2) is 119 Å². The molecular formula is C46H51F2N7O4. The van der Waals surface area contributed by atoms with E-state index >= 15 is 8.78 Å². The number of aryl methyl sites for hydroxylation is 1. The highest BCUT2D eigenvalue weighted by atomic mass is 19.1. The third kappa shape index (κ3) is 6.23. The Bertz CT molecular complexity index is 2520. The minimum atomic E-state index is -0.646. The number of fused-ring (bicyclic) bond motifs is 6. The number of phenols is 1. The van der Waals surface area contributed by atoms with E-state index in [0.717, 1.165) is 104 Å². The van der Waals surface area contributed by atoms with E-state index in [1.807, 2.05) is 6.20 Å². The molecule has 4 saturated heterocycles. The molecule has 0 radical (unpaired) electrons. The predicted octanol–water partition coefficient (Wildman–Crippen LogP) is 6.65. The van der Waals surface area contributed by atoms with E-state index < -0.39 is 11.6 Å². The average molecular weight is 804 g/mol. The van der Waals surface area contributed by atoms with Crippen molar-refractivity contribution in [2.45, 2.75) is 69.5 Å². The Labute approximate surface area is 342 Å². The van der Waals surface area contributed by atoms with Crippen LogP contribution in [0, 0.1) is 40.7 Å². The van der Waals surface area contributed by atoms with Crippen molar-refractivity contribution in [2.24, 2.45) is 23.8 Å². The summed E-state index contributed by atoms with van der Waals surface area (Å²) in [7, 11) is 3.58. The van der Waals surface area contributed by atoms with Gasteiger partial charge in [-0.1, -0.05) is 12.0 Å². The third-order valence-corrected chi connectivity index (χ3v) is 14.7. The molecule has 2 bridgehead atoms. The zero-order valence-electron chi connectivity index (χ0n) is 33.9. The van der Waals surface area contributed by atoms with Crippen LogP contribution in [0.3, 0.4) is 0 Å². The van der Waals surface area contributed by atoms with Crippen LogP contribution in [0.4, 0.5) is 14.6 Å². The fraction of sp³-hybridized carbons (Fsp3) is 0.543. The monoisotopic (exact) mass is 803 g/mol. The zero-order valence-corrected chi connectivity index (χ0v) is 33.9. The molecule has 11 rings (SSSR count). The molecule has 59 heavy (non-hydrogen) atoms. The summed E-state index contributed by atoms with van der Waals surface area (Å²) in [6, 6.07) is 6.83. The van der Waals surface area contributed by atoms with E-state index in [-0.39, 0.29) is 51.5 Å². The molecule has 1 N–H and O–H groups in total. The van der Waals surface area contributed by atoms with Crippen LogP contribution >= 0.6 is 0 Å². The Morgan fingerprint density at radius 1 is 0.983 bits per heavy atom. The number of rotatable bonds is 10. The fourth-order valence-corrected chi connectivity index (χ4v) is 11.5. The van der Waals surface area contributed by atoms with Gasteiger partial charge in [0, 0.05) is 118 Å². The minimum absolute atomic E-state index is 0.00650. The Kier molecular flexibility index (Phi) is 8.86. The van der Waals surface area contributed by atoms with E-state index in [2.05, 4.69) is 20.6 Å². The first-order valence-corrected chi connectivity index (χ1v) is 21.4. The SMILES string of the molecule is C#Cc1c(F)ccc2cc(O)cc(-c3c(F)c4nc(OCC5(CN6CC7(CCOCC7)C6)CC5)nc(N5C6CCC5CN(C5CC(COC)C5)C6)c4c4cn(C)nc34)c12. The van der Waals surface area contributed by atoms with Crippen LogP contribution in [0.1, 0.15) is 56.9 Å². The highest BCUT2D eigenvalue weighted by Gasteiger charge is 2.51. The van der Waals surface area contributed by atoms with E-state index in [1.165, 1.54) is 18.2 Å². The first-order valence-electron chi connectivity index (χ1n) is 21.4. The van der Waals surface area contributed by atoms with Gasteiger partial charge in [-0.3, -0.25) is 9.58 Å². The minimum Gasteiger partial charge on any atom is -0.508 e. The summed E-state index contributed by atoms with van der Waals surface area (Å²) in [5, 5.41) is 17.8. The van der Waals surface area contributed by atoms with Crippen LogP contribution in [0.2, 0.25) is 0 Å². The number of aromatic hydroxyl groups is 1. The smallest absolute Gasteiger partial charge is 0.319 e. The molecule has 5 aromatic rings. The molecule has 2 aliphatic carbocycles. The maximum absolute atomic E-state index is 18.0. The molecule has 6 aliphatic rings. The van der Waals surface area contributed by atoms with E-state index in [0.29, 0.717) is 56.9 Å². The molecule has 13 heteroatoms. The van der Waals surface area contributed by atoms with Crippen molar-refractivity contribution in [3.05, 3.63) is 47.7 Å². The number of nitrogens with zero attached hydrogens (tertiary/aromatic N) is 7. The second-order valence-corrected chi connectivity index (χ2v) is 18.7. The highest BCUT2D eigenvalue weighted by molar-refractivity contribution is 6.18. The van der Waals surface area contributed by atoms with Gasteiger partial charge in [0.2, 0.25) is 0 Å². The summed E-state index contributed by atoms with van der Waals surface area (Å²) in [5.74, 6) is 2.40. The maximum Gasteiger partial charge on any atom is 0.319 e. The predicted molar refractivity (Wildman–Crippen MR) is 222 cm³/mol. The van der Waals surface area contributed by atoms with Gasteiger partial charge in [0.25, 0.3) is 0 Å². The normalized spacial score (nSPS) is 26.1. The number of terminal acetylenes is 1. The highest BCUT2D eigenvalue weighted by Crippen LogP contribution is 2.51. The zero-order chi connectivity index (χ0) is 40.2. The van der Waals surface area contributed by atoms with Crippen molar-refractivity contribution >= 4 is 38.4 Å². The Morgan fingerprint density at radius 3 is 2.46 bits per heavy atom. The number of hydrogen-bond acceptors (Lipinski definition) is 10. The number of aromatic nitrogens is 4. The summed E-state index contributed by atoms with van der Waals surface area (Å²) >= 11 is 0. The number of likely N-dealkylation sites (tertiary alicyclic amines) is 2. The van der Waals surface area contributed by atoms with E-state index in [9.17, 15) is 5.11 Å². The lowest BCUT2D eigenvalue weighted by Gasteiger charge is -2.53. The van der Waals surface area contributed by atoms with Gasteiger partial charge >= 0.3 is 6.01 Å². The van der Waals surface area contributed by atoms with Gasteiger partial charge in [0.15, 0.2) is 5.82 Å². The van der Waals surface area contributed by atoms with Gasteiger partial charge < -0.3 is 29.1 Å². The van der Waals surface area contributed by atoms with Gasteiger partial charge in [-0.25, -0.2) is 8.78 Å². The van der Waals surface area contributed by atoms with Crippen LogP contribution in [0.5, 0.6) is 11.8 Å². The summed E-state index contributed by atoms with van der Waals surface area (Å²) in [4.78, 5) is 17.8. The van der Waals surface area contributed by atoms with Crippen LogP contribution < -0.4 is 9.64 Å². The molecule has 6 heterocycles. The number of methoxy groups -OCH3 is 1. The van der Waals surface area contributed by atoms with Gasteiger partial charge in [0.05, 0.1) is 17.6 Å².